The number of carbonyl (C=O) groups is 2. The van der Waals surface area contributed by atoms with Crippen LogP contribution in [0.15, 0.2) is 47.6 Å². The molecule has 3 heterocycles. The van der Waals surface area contributed by atoms with Gasteiger partial charge in [0.25, 0.3) is 5.91 Å². The first-order valence-corrected chi connectivity index (χ1v) is 11.0. The molecular weight excluding hydrogens is 427 g/mol. The zero-order chi connectivity index (χ0) is 22.9. The molecule has 0 saturated carbocycles. The number of benzene rings is 2. The van der Waals surface area contributed by atoms with E-state index in [0.29, 0.717) is 55.4 Å². The third-order valence-electron chi connectivity index (χ3n) is 6.31. The summed E-state index contributed by atoms with van der Waals surface area (Å²) in [6.07, 6.45) is 0.393. The van der Waals surface area contributed by atoms with Crippen molar-refractivity contribution >= 4 is 17.5 Å². The Morgan fingerprint density at radius 3 is 2.58 bits per heavy atom. The van der Waals surface area contributed by atoms with E-state index in [-0.39, 0.29) is 37.0 Å². The van der Waals surface area contributed by atoms with Crippen molar-refractivity contribution in [1.82, 2.24) is 14.8 Å². The monoisotopic (exact) mass is 452 g/mol. The van der Waals surface area contributed by atoms with Crippen LogP contribution in [0, 0.1) is 5.82 Å². The van der Waals surface area contributed by atoms with Gasteiger partial charge in [-0.2, -0.15) is 5.10 Å². The summed E-state index contributed by atoms with van der Waals surface area (Å²) in [6, 6.07) is 11.7. The number of fused-ring (bicyclic) bond motifs is 1. The molecule has 3 aliphatic heterocycles. The van der Waals surface area contributed by atoms with Crippen LogP contribution in [0.25, 0.3) is 0 Å². The molecule has 0 radical (unpaired) electrons. The van der Waals surface area contributed by atoms with Gasteiger partial charge < -0.3 is 14.4 Å². The first kappa shape index (κ1) is 21.4. The zero-order valence-corrected chi connectivity index (χ0v) is 18.4. The molecule has 33 heavy (non-hydrogen) atoms. The molecule has 2 aromatic rings. The molecule has 0 spiro atoms. The maximum atomic E-state index is 14.5. The molecule has 1 fully saturated rings. The van der Waals surface area contributed by atoms with Gasteiger partial charge >= 0.3 is 0 Å². The number of amides is 2. The van der Waals surface area contributed by atoms with Gasteiger partial charge in [-0.05, 0) is 23.8 Å². The van der Waals surface area contributed by atoms with E-state index in [1.54, 1.807) is 30.0 Å². The fourth-order valence-electron chi connectivity index (χ4n) is 4.46. The van der Waals surface area contributed by atoms with Crippen molar-refractivity contribution in [2.75, 3.05) is 39.5 Å². The molecular formula is C24H25FN4O4. The molecule has 1 unspecified atom stereocenters. The predicted molar refractivity (Wildman–Crippen MR) is 118 cm³/mol. The van der Waals surface area contributed by atoms with Crippen molar-refractivity contribution in [3.05, 3.63) is 59.4 Å². The SMILES string of the molecule is CC(=O)N1CCN(CC(=O)N2N=C(c3ccccc3F)CC2c2ccc3c(c2)OCO3)CC1. The average molecular weight is 452 g/mol. The van der Waals surface area contributed by atoms with Crippen LogP contribution in [0.2, 0.25) is 0 Å². The fourth-order valence-corrected chi connectivity index (χ4v) is 4.46. The standard InChI is InChI=1S/C24H25FN4O4/c1-16(30)28-10-8-27(9-11-28)14-24(31)29-21(17-6-7-22-23(12-17)33-15-32-22)13-20(26-29)18-4-2-3-5-19(18)25/h2-7,12,21H,8-11,13-15H2,1H3. The molecule has 0 N–H and O–H groups in total. The Kier molecular flexibility index (Phi) is 5.72. The van der Waals surface area contributed by atoms with Gasteiger partial charge in [0.05, 0.1) is 18.3 Å². The second-order valence-corrected chi connectivity index (χ2v) is 8.38. The minimum Gasteiger partial charge on any atom is -0.454 e. The zero-order valence-electron chi connectivity index (χ0n) is 18.4. The quantitative estimate of drug-likeness (QED) is 0.712. The van der Waals surface area contributed by atoms with E-state index in [2.05, 4.69) is 5.10 Å². The van der Waals surface area contributed by atoms with Crippen LogP contribution in [-0.4, -0.2) is 71.9 Å². The van der Waals surface area contributed by atoms with Crippen LogP contribution in [0.4, 0.5) is 4.39 Å². The molecule has 5 rings (SSSR count). The summed E-state index contributed by atoms with van der Waals surface area (Å²) in [4.78, 5) is 28.7. The minimum atomic E-state index is -0.375. The highest BCUT2D eigenvalue weighted by molar-refractivity contribution is 6.03. The van der Waals surface area contributed by atoms with Gasteiger partial charge in [-0.15, -0.1) is 0 Å². The van der Waals surface area contributed by atoms with Gasteiger partial charge in [0, 0.05) is 45.1 Å². The van der Waals surface area contributed by atoms with E-state index < -0.39 is 0 Å². The van der Waals surface area contributed by atoms with Crippen molar-refractivity contribution in [1.29, 1.82) is 0 Å². The third-order valence-corrected chi connectivity index (χ3v) is 6.31. The van der Waals surface area contributed by atoms with E-state index >= 15 is 0 Å². The topological polar surface area (TPSA) is 74.7 Å². The maximum absolute atomic E-state index is 14.5. The van der Waals surface area contributed by atoms with Crippen LogP contribution in [0.1, 0.15) is 30.5 Å². The Bertz CT molecular complexity index is 1110. The van der Waals surface area contributed by atoms with Crippen molar-refractivity contribution < 1.29 is 23.5 Å². The molecule has 0 aliphatic carbocycles. The molecule has 8 nitrogen and oxygen atoms in total. The van der Waals surface area contributed by atoms with Gasteiger partial charge in [-0.1, -0.05) is 24.3 Å². The molecule has 1 saturated heterocycles. The molecule has 2 aromatic carbocycles. The van der Waals surface area contributed by atoms with E-state index in [1.165, 1.54) is 11.1 Å². The van der Waals surface area contributed by atoms with E-state index in [4.69, 9.17) is 9.47 Å². The largest absolute Gasteiger partial charge is 0.454 e. The maximum Gasteiger partial charge on any atom is 0.257 e. The Balaban J connectivity index is 1.39. The summed E-state index contributed by atoms with van der Waals surface area (Å²) >= 11 is 0. The van der Waals surface area contributed by atoms with Crippen molar-refractivity contribution in [3.63, 3.8) is 0 Å². The normalized spacial score (nSPS) is 20.2. The van der Waals surface area contributed by atoms with Crippen molar-refractivity contribution in [2.24, 2.45) is 5.10 Å². The number of hydrogen-bond donors (Lipinski definition) is 0. The van der Waals surface area contributed by atoms with Crippen LogP contribution in [0.5, 0.6) is 11.5 Å². The highest BCUT2D eigenvalue weighted by atomic mass is 19.1. The number of piperazine rings is 1. The smallest absolute Gasteiger partial charge is 0.257 e. The first-order chi connectivity index (χ1) is 16.0. The van der Waals surface area contributed by atoms with Crippen molar-refractivity contribution in [2.45, 2.75) is 19.4 Å². The molecule has 1 atom stereocenters. The number of hydrazone groups is 1. The van der Waals surface area contributed by atoms with Gasteiger partial charge in [0.15, 0.2) is 11.5 Å². The number of carbonyl (C=O) groups excluding carboxylic acids is 2. The van der Waals surface area contributed by atoms with Gasteiger partial charge in [-0.3, -0.25) is 14.5 Å². The Hall–Kier alpha value is -3.46. The number of halogens is 1. The number of rotatable bonds is 4. The van der Waals surface area contributed by atoms with Gasteiger partial charge in [0.1, 0.15) is 5.82 Å². The summed E-state index contributed by atoms with van der Waals surface area (Å²) in [6.45, 7) is 4.33. The lowest BCUT2D eigenvalue weighted by Gasteiger charge is -2.34. The summed E-state index contributed by atoms with van der Waals surface area (Å²) in [5.74, 6) is 0.797. The second kappa shape index (κ2) is 8.82. The third kappa shape index (κ3) is 4.28. The highest BCUT2D eigenvalue weighted by Gasteiger charge is 2.35. The number of hydrogen-bond acceptors (Lipinski definition) is 6. The lowest BCUT2D eigenvalue weighted by Crippen LogP contribution is -2.50. The number of nitrogens with zero attached hydrogens (tertiary/aromatic N) is 4. The summed E-state index contributed by atoms with van der Waals surface area (Å²) < 4.78 is 25.4. The van der Waals surface area contributed by atoms with E-state index in [0.717, 1.165) is 5.56 Å². The molecule has 3 aliphatic rings. The Morgan fingerprint density at radius 1 is 1.06 bits per heavy atom. The summed E-state index contributed by atoms with van der Waals surface area (Å²) in [7, 11) is 0. The molecule has 172 valence electrons. The summed E-state index contributed by atoms with van der Waals surface area (Å²) in [5, 5.41) is 6.05. The Labute approximate surface area is 191 Å². The number of ether oxygens (including phenoxy) is 2. The van der Waals surface area contributed by atoms with Crippen molar-refractivity contribution in [3.8, 4) is 11.5 Å². The van der Waals surface area contributed by atoms with E-state index in [1.807, 2.05) is 23.1 Å². The van der Waals surface area contributed by atoms with Crippen LogP contribution in [0.3, 0.4) is 0 Å². The molecule has 0 bridgehead atoms. The highest BCUT2D eigenvalue weighted by Crippen LogP contribution is 2.39. The molecule has 2 amide bonds. The average Bonchev–Trinajstić information content (AvgIpc) is 3.46. The molecule has 0 aromatic heterocycles. The van der Waals surface area contributed by atoms with Crippen LogP contribution in [-0.2, 0) is 9.59 Å². The summed E-state index contributed by atoms with van der Waals surface area (Å²) in [5.41, 5.74) is 1.78. The minimum absolute atomic E-state index is 0.0440. The Morgan fingerprint density at radius 2 is 1.82 bits per heavy atom. The van der Waals surface area contributed by atoms with Gasteiger partial charge in [-0.25, -0.2) is 9.40 Å². The first-order valence-electron chi connectivity index (χ1n) is 11.0. The van der Waals surface area contributed by atoms with Gasteiger partial charge in [0.2, 0.25) is 12.7 Å². The second-order valence-electron chi connectivity index (χ2n) is 8.38. The van der Waals surface area contributed by atoms with Crippen LogP contribution >= 0.6 is 0 Å². The molecule has 9 heteroatoms. The fraction of sp³-hybridized carbons (Fsp3) is 0.375. The lowest BCUT2D eigenvalue weighted by molar-refractivity contribution is -0.135. The van der Waals surface area contributed by atoms with Crippen LogP contribution < -0.4 is 9.47 Å². The predicted octanol–water partition coefficient (Wildman–Crippen LogP) is 2.40. The van der Waals surface area contributed by atoms with E-state index in [9.17, 15) is 14.0 Å². The lowest BCUT2D eigenvalue weighted by atomic mass is 9.97.